The number of aliphatic carboxylic acids is 1. The van der Waals surface area contributed by atoms with E-state index < -0.39 is 5.97 Å². The zero-order valence-electron chi connectivity index (χ0n) is 21.3. The van der Waals surface area contributed by atoms with E-state index in [0.29, 0.717) is 6.42 Å². The Kier molecular flexibility index (Phi) is 23.3. The van der Waals surface area contributed by atoms with E-state index >= 15 is 0 Å². The van der Waals surface area contributed by atoms with Gasteiger partial charge < -0.3 is 9.84 Å². The Balaban J connectivity index is 3.84. The van der Waals surface area contributed by atoms with Crippen LogP contribution in [-0.4, -0.2) is 23.1 Å². The molecule has 0 fully saturated rings. The van der Waals surface area contributed by atoms with E-state index in [0.717, 1.165) is 64.2 Å². The van der Waals surface area contributed by atoms with Crippen LogP contribution in [0.4, 0.5) is 0 Å². The molecule has 0 saturated carbocycles. The fraction of sp³-hybridized carbons (Fsp3) is 0.857. The van der Waals surface area contributed by atoms with Crippen LogP contribution in [-0.2, 0) is 14.3 Å². The molecule has 0 spiro atoms. The molecule has 0 heterocycles. The van der Waals surface area contributed by atoms with Crippen molar-refractivity contribution >= 4 is 11.9 Å². The van der Waals surface area contributed by atoms with E-state index in [-0.39, 0.29) is 18.5 Å². The summed E-state index contributed by atoms with van der Waals surface area (Å²) in [7, 11) is 0. The third-order valence-corrected chi connectivity index (χ3v) is 5.99. The molecule has 32 heavy (non-hydrogen) atoms. The second-order valence-electron chi connectivity index (χ2n) is 9.23. The fourth-order valence-electron chi connectivity index (χ4n) is 3.93. The van der Waals surface area contributed by atoms with Crippen molar-refractivity contribution in [3.05, 3.63) is 12.2 Å². The Morgan fingerprint density at radius 2 is 1.16 bits per heavy atom. The highest BCUT2D eigenvalue weighted by Gasteiger charge is 2.14. The highest BCUT2D eigenvalue weighted by molar-refractivity contribution is 5.69. The van der Waals surface area contributed by atoms with E-state index in [9.17, 15) is 9.59 Å². The lowest BCUT2D eigenvalue weighted by Gasteiger charge is -2.18. The molecule has 0 aromatic carbocycles. The van der Waals surface area contributed by atoms with Gasteiger partial charge in [0.2, 0.25) is 0 Å². The van der Waals surface area contributed by atoms with Crippen molar-refractivity contribution in [2.75, 3.05) is 0 Å². The van der Waals surface area contributed by atoms with E-state index in [1.807, 2.05) is 0 Å². The second-order valence-corrected chi connectivity index (χ2v) is 9.23. The van der Waals surface area contributed by atoms with E-state index in [1.165, 1.54) is 57.8 Å². The maximum atomic E-state index is 12.3. The van der Waals surface area contributed by atoms with Gasteiger partial charge in [0.05, 0.1) is 0 Å². The van der Waals surface area contributed by atoms with Crippen molar-refractivity contribution in [1.82, 2.24) is 0 Å². The molecular formula is C28H52O4. The number of carbonyl (C=O) groups is 2. The Morgan fingerprint density at radius 3 is 1.78 bits per heavy atom. The minimum absolute atomic E-state index is 0.0215. The van der Waals surface area contributed by atoms with Gasteiger partial charge in [0, 0.05) is 12.8 Å². The largest absolute Gasteiger partial charge is 0.481 e. The summed E-state index contributed by atoms with van der Waals surface area (Å²) >= 11 is 0. The number of hydrogen-bond acceptors (Lipinski definition) is 3. The van der Waals surface area contributed by atoms with Crippen LogP contribution in [0.3, 0.4) is 0 Å². The first kappa shape index (κ1) is 30.7. The predicted octanol–water partition coefficient (Wildman–Crippen LogP) is 8.77. The van der Waals surface area contributed by atoms with Gasteiger partial charge in [-0.25, -0.2) is 0 Å². The molecule has 0 radical (unpaired) electrons. The lowest BCUT2D eigenvalue weighted by atomic mass is 10.0. The van der Waals surface area contributed by atoms with Gasteiger partial charge in [-0.3, -0.25) is 9.59 Å². The summed E-state index contributed by atoms with van der Waals surface area (Å²) in [6.07, 6.45) is 26.6. The Morgan fingerprint density at radius 1 is 0.656 bits per heavy atom. The van der Waals surface area contributed by atoms with Crippen LogP contribution in [0.5, 0.6) is 0 Å². The van der Waals surface area contributed by atoms with Crippen molar-refractivity contribution in [3.8, 4) is 0 Å². The van der Waals surface area contributed by atoms with E-state index in [4.69, 9.17) is 9.84 Å². The second kappa shape index (κ2) is 24.3. The molecule has 0 saturated heterocycles. The SMILES string of the molecule is CCCC/C=C\CCCCCCCC(=O)OC(CCCCC)CCCCCCCC(=O)O. The number of carboxylic acids is 1. The zero-order valence-corrected chi connectivity index (χ0v) is 21.3. The molecular weight excluding hydrogens is 400 g/mol. The molecule has 0 aliphatic heterocycles. The van der Waals surface area contributed by atoms with Gasteiger partial charge in [0.1, 0.15) is 6.10 Å². The van der Waals surface area contributed by atoms with E-state index in [1.54, 1.807) is 0 Å². The Bertz CT molecular complexity index is 458. The average molecular weight is 453 g/mol. The normalized spacial score (nSPS) is 12.3. The van der Waals surface area contributed by atoms with Gasteiger partial charge in [0.15, 0.2) is 0 Å². The lowest BCUT2D eigenvalue weighted by Crippen LogP contribution is -2.18. The van der Waals surface area contributed by atoms with Crippen LogP contribution in [0.2, 0.25) is 0 Å². The predicted molar refractivity (Wildman–Crippen MR) is 135 cm³/mol. The Labute approximate surface area is 198 Å². The third kappa shape index (κ3) is 23.3. The lowest BCUT2D eigenvalue weighted by molar-refractivity contribution is -0.150. The van der Waals surface area contributed by atoms with Crippen molar-refractivity contribution in [1.29, 1.82) is 0 Å². The van der Waals surface area contributed by atoms with Gasteiger partial charge in [0.25, 0.3) is 0 Å². The zero-order chi connectivity index (χ0) is 23.7. The average Bonchev–Trinajstić information content (AvgIpc) is 2.76. The minimum Gasteiger partial charge on any atom is -0.481 e. The first-order valence-electron chi connectivity index (χ1n) is 13.7. The maximum absolute atomic E-state index is 12.3. The summed E-state index contributed by atoms with van der Waals surface area (Å²) in [5, 5.41) is 8.68. The summed E-state index contributed by atoms with van der Waals surface area (Å²) in [5.41, 5.74) is 0. The van der Waals surface area contributed by atoms with Crippen molar-refractivity contribution in [2.24, 2.45) is 0 Å². The fourth-order valence-corrected chi connectivity index (χ4v) is 3.93. The van der Waals surface area contributed by atoms with Crippen LogP contribution in [0.25, 0.3) is 0 Å². The number of unbranched alkanes of at least 4 members (excludes halogenated alkanes) is 13. The highest BCUT2D eigenvalue weighted by atomic mass is 16.5. The number of allylic oxidation sites excluding steroid dienone is 2. The molecule has 0 aliphatic carbocycles. The number of carboxylic acid groups (broad SMARTS) is 1. The highest BCUT2D eigenvalue weighted by Crippen LogP contribution is 2.17. The first-order valence-corrected chi connectivity index (χ1v) is 13.7. The standard InChI is InChI=1S/C28H52O4/c1-3-5-7-8-9-10-11-12-13-17-21-25-28(31)32-26(22-18-6-4-2)23-19-15-14-16-20-24-27(29)30/h8-9,26H,3-7,10-25H2,1-2H3,(H,29,30)/b9-8-. The van der Waals surface area contributed by atoms with Gasteiger partial charge in [-0.1, -0.05) is 90.2 Å². The van der Waals surface area contributed by atoms with Crippen molar-refractivity contribution in [2.45, 2.75) is 155 Å². The van der Waals surface area contributed by atoms with Gasteiger partial charge >= 0.3 is 11.9 Å². The van der Waals surface area contributed by atoms with Gasteiger partial charge in [-0.15, -0.1) is 0 Å². The Hall–Kier alpha value is -1.32. The molecule has 1 N–H and O–H groups in total. The number of hydrogen-bond donors (Lipinski definition) is 1. The topological polar surface area (TPSA) is 63.6 Å². The van der Waals surface area contributed by atoms with Crippen LogP contribution in [0, 0.1) is 0 Å². The number of ether oxygens (including phenoxy) is 1. The smallest absolute Gasteiger partial charge is 0.306 e. The molecule has 1 atom stereocenters. The maximum Gasteiger partial charge on any atom is 0.306 e. The molecule has 1 unspecified atom stereocenters. The van der Waals surface area contributed by atoms with Crippen LogP contribution < -0.4 is 0 Å². The molecule has 4 heteroatoms. The molecule has 0 aromatic rings. The van der Waals surface area contributed by atoms with Crippen molar-refractivity contribution in [3.63, 3.8) is 0 Å². The third-order valence-electron chi connectivity index (χ3n) is 5.99. The molecule has 0 amide bonds. The van der Waals surface area contributed by atoms with Crippen LogP contribution in [0.15, 0.2) is 12.2 Å². The van der Waals surface area contributed by atoms with Gasteiger partial charge in [-0.2, -0.15) is 0 Å². The van der Waals surface area contributed by atoms with E-state index in [2.05, 4.69) is 26.0 Å². The number of carbonyl (C=O) groups excluding carboxylic acids is 1. The van der Waals surface area contributed by atoms with Crippen LogP contribution in [0.1, 0.15) is 149 Å². The molecule has 188 valence electrons. The monoisotopic (exact) mass is 452 g/mol. The summed E-state index contributed by atoms with van der Waals surface area (Å²) in [4.78, 5) is 22.8. The summed E-state index contributed by atoms with van der Waals surface area (Å²) in [6.45, 7) is 4.42. The molecule has 4 nitrogen and oxygen atoms in total. The molecule has 0 aromatic heterocycles. The quantitative estimate of drug-likeness (QED) is 0.0902. The molecule has 0 bridgehead atoms. The summed E-state index contributed by atoms with van der Waals surface area (Å²) in [6, 6.07) is 0. The first-order chi connectivity index (χ1) is 15.6. The van der Waals surface area contributed by atoms with Crippen LogP contribution >= 0.6 is 0 Å². The van der Waals surface area contributed by atoms with Crippen molar-refractivity contribution < 1.29 is 19.4 Å². The summed E-state index contributed by atoms with van der Waals surface area (Å²) in [5.74, 6) is -0.727. The minimum atomic E-state index is -0.706. The number of esters is 1. The summed E-state index contributed by atoms with van der Waals surface area (Å²) < 4.78 is 5.82. The number of rotatable bonds is 24. The van der Waals surface area contributed by atoms with Gasteiger partial charge in [-0.05, 0) is 57.8 Å². The molecule has 0 rings (SSSR count). The molecule has 0 aliphatic rings.